The van der Waals surface area contributed by atoms with Gasteiger partial charge >= 0.3 is 0 Å². The molecule has 2 fully saturated rings. The predicted octanol–water partition coefficient (Wildman–Crippen LogP) is 6.28. The normalized spacial score (nSPS) is 19.5. The molecule has 2 aliphatic heterocycles. The standard InChI is InChI=1S/C14H28O2.C13H18O2/c1-4-7-8-13(5-2)9-15-10-14(6-3)11-16-12-14;1-2-13(10-15-11-13)9-14-8-12-6-4-3-5-7-12/h13H,4-12H2,1-3H3;3-7H,2,8-11H2,1H3. The van der Waals surface area contributed by atoms with Crippen molar-refractivity contribution in [2.24, 2.45) is 16.7 Å². The lowest BCUT2D eigenvalue weighted by molar-refractivity contribution is -0.152. The Morgan fingerprint density at radius 1 is 0.839 bits per heavy atom. The SMILES string of the molecule is CCC1(COCc2ccccc2)COC1.CCCCC(CC)COCC1(CC)COC1. The first-order valence-corrected chi connectivity index (χ1v) is 12.5. The van der Waals surface area contributed by atoms with Gasteiger partial charge in [-0.05, 0) is 30.7 Å². The van der Waals surface area contributed by atoms with Crippen LogP contribution in [0, 0.1) is 16.7 Å². The fourth-order valence-corrected chi connectivity index (χ4v) is 3.86. The lowest BCUT2D eigenvalue weighted by Gasteiger charge is -2.40. The number of unbranched alkanes of at least 4 members (excludes halogenated alkanes) is 1. The Bertz CT molecular complexity index is 555. The molecule has 1 aromatic carbocycles. The average Bonchev–Trinajstić information content (AvgIpc) is 2.75. The number of hydrogen-bond donors (Lipinski definition) is 0. The summed E-state index contributed by atoms with van der Waals surface area (Å²) in [5.41, 5.74) is 1.89. The molecule has 4 heteroatoms. The van der Waals surface area contributed by atoms with E-state index < -0.39 is 0 Å². The molecule has 0 amide bonds. The zero-order chi connectivity index (χ0) is 22.4. The van der Waals surface area contributed by atoms with Gasteiger partial charge in [0, 0.05) is 17.4 Å². The minimum Gasteiger partial charge on any atom is -0.380 e. The second-order valence-electron chi connectivity index (χ2n) is 9.60. The minimum atomic E-state index is 0.300. The average molecular weight is 435 g/mol. The smallest absolute Gasteiger partial charge is 0.0717 e. The van der Waals surface area contributed by atoms with Crippen LogP contribution in [-0.4, -0.2) is 46.2 Å². The van der Waals surface area contributed by atoms with E-state index in [9.17, 15) is 0 Å². The third-order valence-corrected chi connectivity index (χ3v) is 6.96. The summed E-state index contributed by atoms with van der Waals surface area (Å²) in [6.45, 7) is 15.8. The zero-order valence-electron chi connectivity index (χ0n) is 20.5. The van der Waals surface area contributed by atoms with E-state index in [1.165, 1.54) is 37.7 Å². The van der Waals surface area contributed by atoms with Crippen molar-refractivity contribution in [2.75, 3.05) is 46.2 Å². The number of benzene rings is 1. The van der Waals surface area contributed by atoms with E-state index in [0.29, 0.717) is 17.4 Å². The predicted molar refractivity (Wildman–Crippen MR) is 127 cm³/mol. The molecule has 0 spiro atoms. The minimum absolute atomic E-state index is 0.300. The van der Waals surface area contributed by atoms with Crippen molar-refractivity contribution in [3.05, 3.63) is 35.9 Å². The Kier molecular flexibility index (Phi) is 12.1. The molecule has 4 nitrogen and oxygen atoms in total. The van der Waals surface area contributed by atoms with Crippen LogP contribution in [0.3, 0.4) is 0 Å². The molecule has 2 saturated heterocycles. The second-order valence-corrected chi connectivity index (χ2v) is 9.60. The molecule has 0 bridgehead atoms. The number of rotatable bonds is 14. The van der Waals surface area contributed by atoms with Crippen LogP contribution in [-0.2, 0) is 25.6 Å². The summed E-state index contributed by atoms with van der Waals surface area (Å²) in [6, 6.07) is 10.3. The Morgan fingerprint density at radius 2 is 1.42 bits per heavy atom. The van der Waals surface area contributed by atoms with Crippen molar-refractivity contribution in [1.82, 2.24) is 0 Å². The van der Waals surface area contributed by atoms with E-state index in [1.54, 1.807) is 0 Å². The van der Waals surface area contributed by atoms with Gasteiger partial charge in [-0.2, -0.15) is 0 Å². The second kappa shape index (κ2) is 14.3. The maximum absolute atomic E-state index is 5.90. The third kappa shape index (κ3) is 8.84. The first-order valence-electron chi connectivity index (χ1n) is 12.5. The summed E-state index contributed by atoms with van der Waals surface area (Å²) < 4.78 is 22.2. The van der Waals surface area contributed by atoms with Gasteiger partial charge in [0.1, 0.15) is 0 Å². The molecule has 3 rings (SSSR count). The molecule has 31 heavy (non-hydrogen) atoms. The fraction of sp³-hybridized carbons (Fsp3) is 0.778. The molecule has 2 aliphatic rings. The summed E-state index contributed by atoms with van der Waals surface area (Å²) in [5.74, 6) is 0.759. The van der Waals surface area contributed by atoms with Crippen LogP contribution < -0.4 is 0 Å². The van der Waals surface area contributed by atoms with Crippen LogP contribution in [0.15, 0.2) is 30.3 Å². The van der Waals surface area contributed by atoms with Crippen molar-refractivity contribution in [1.29, 1.82) is 0 Å². The Hall–Kier alpha value is -0.940. The van der Waals surface area contributed by atoms with Gasteiger partial charge in [-0.15, -0.1) is 0 Å². The third-order valence-electron chi connectivity index (χ3n) is 6.96. The van der Waals surface area contributed by atoms with Gasteiger partial charge < -0.3 is 18.9 Å². The summed E-state index contributed by atoms with van der Waals surface area (Å²) in [5, 5.41) is 0. The Morgan fingerprint density at radius 3 is 1.87 bits per heavy atom. The molecule has 1 unspecified atom stereocenters. The summed E-state index contributed by atoms with van der Waals surface area (Å²) in [7, 11) is 0. The van der Waals surface area contributed by atoms with E-state index in [1.807, 2.05) is 18.2 Å². The zero-order valence-corrected chi connectivity index (χ0v) is 20.5. The van der Waals surface area contributed by atoms with Crippen LogP contribution in [0.25, 0.3) is 0 Å². The monoisotopic (exact) mass is 434 g/mol. The number of ether oxygens (including phenoxy) is 4. The summed E-state index contributed by atoms with van der Waals surface area (Å²) in [4.78, 5) is 0. The van der Waals surface area contributed by atoms with Crippen LogP contribution in [0.1, 0.15) is 71.8 Å². The highest BCUT2D eigenvalue weighted by molar-refractivity contribution is 5.13. The lowest BCUT2D eigenvalue weighted by Crippen LogP contribution is -2.46. The highest BCUT2D eigenvalue weighted by Crippen LogP contribution is 2.32. The van der Waals surface area contributed by atoms with Gasteiger partial charge in [0.25, 0.3) is 0 Å². The molecule has 0 saturated carbocycles. The first-order chi connectivity index (χ1) is 15.1. The maximum atomic E-state index is 5.90. The maximum Gasteiger partial charge on any atom is 0.0717 e. The van der Waals surface area contributed by atoms with Gasteiger partial charge in [-0.3, -0.25) is 0 Å². The fourth-order valence-electron chi connectivity index (χ4n) is 3.86. The van der Waals surface area contributed by atoms with Gasteiger partial charge in [-0.25, -0.2) is 0 Å². The van der Waals surface area contributed by atoms with Crippen LogP contribution in [0.2, 0.25) is 0 Å². The molecule has 1 atom stereocenters. The molecule has 0 N–H and O–H groups in total. The van der Waals surface area contributed by atoms with Gasteiger partial charge in [0.05, 0.1) is 46.2 Å². The van der Waals surface area contributed by atoms with E-state index in [4.69, 9.17) is 18.9 Å². The van der Waals surface area contributed by atoms with E-state index in [2.05, 4.69) is 39.8 Å². The quantitative estimate of drug-likeness (QED) is 0.345. The van der Waals surface area contributed by atoms with Crippen LogP contribution >= 0.6 is 0 Å². The van der Waals surface area contributed by atoms with Crippen molar-refractivity contribution >= 4 is 0 Å². The first kappa shape index (κ1) is 26.3. The highest BCUT2D eigenvalue weighted by Gasteiger charge is 2.37. The molecule has 2 heterocycles. The Labute approximate surface area is 191 Å². The van der Waals surface area contributed by atoms with Crippen molar-refractivity contribution in [3.63, 3.8) is 0 Å². The van der Waals surface area contributed by atoms with Crippen molar-refractivity contribution < 1.29 is 18.9 Å². The highest BCUT2D eigenvalue weighted by atomic mass is 16.5. The Balaban J connectivity index is 0.000000220. The van der Waals surface area contributed by atoms with Gasteiger partial charge in [0.15, 0.2) is 0 Å². The molecule has 178 valence electrons. The molecule has 1 aromatic rings. The van der Waals surface area contributed by atoms with Crippen molar-refractivity contribution in [3.8, 4) is 0 Å². The topological polar surface area (TPSA) is 36.9 Å². The van der Waals surface area contributed by atoms with Crippen LogP contribution in [0.4, 0.5) is 0 Å². The molecular weight excluding hydrogens is 388 g/mol. The number of hydrogen-bond acceptors (Lipinski definition) is 4. The molecule has 0 aliphatic carbocycles. The van der Waals surface area contributed by atoms with E-state index >= 15 is 0 Å². The lowest BCUT2D eigenvalue weighted by atomic mass is 9.84. The summed E-state index contributed by atoms with van der Waals surface area (Å²) >= 11 is 0. The van der Waals surface area contributed by atoms with E-state index in [-0.39, 0.29) is 0 Å². The molecule has 0 aromatic heterocycles. The van der Waals surface area contributed by atoms with Crippen molar-refractivity contribution in [2.45, 2.75) is 72.8 Å². The van der Waals surface area contributed by atoms with Gasteiger partial charge in [-0.1, -0.05) is 77.3 Å². The molecular formula is C27H46O4. The molecule has 0 radical (unpaired) electrons. The summed E-state index contributed by atoms with van der Waals surface area (Å²) in [6.07, 6.45) is 7.52. The van der Waals surface area contributed by atoms with E-state index in [0.717, 1.165) is 58.6 Å². The van der Waals surface area contributed by atoms with Gasteiger partial charge in [0.2, 0.25) is 0 Å². The van der Waals surface area contributed by atoms with Crippen LogP contribution in [0.5, 0.6) is 0 Å². The largest absolute Gasteiger partial charge is 0.380 e.